The lowest BCUT2D eigenvalue weighted by Gasteiger charge is -2.09. The van der Waals surface area contributed by atoms with Crippen LogP contribution in [0.5, 0.6) is 5.75 Å². The van der Waals surface area contributed by atoms with Crippen LogP contribution in [0, 0.1) is 6.92 Å². The molecule has 6 nitrogen and oxygen atoms in total. The number of nitrogens with zero attached hydrogens (tertiary/aromatic N) is 2. The summed E-state index contributed by atoms with van der Waals surface area (Å²) in [6, 6.07) is 18.4. The van der Waals surface area contributed by atoms with E-state index in [4.69, 9.17) is 4.74 Å². The molecule has 0 fully saturated rings. The van der Waals surface area contributed by atoms with E-state index in [0.717, 1.165) is 11.3 Å². The smallest absolute Gasteiger partial charge is 0.260 e. The Hall–Kier alpha value is -3.41. The number of amides is 1. The fourth-order valence-corrected chi connectivity index (χ4v) is 2.35. The molecule has 2 aromatic carbocycles. The Morgan fingerprint density at radius 2 is 1.72 bits per heavy atom. The quantitative estimate of drug-likeness (QED) is 0.742. The molecule has 0 aliphatic carbocycles. The first-order valence-electron chi connectivity index (χ1n) is 7.77. The highest BCUT2D eigenvalue weighted by Gasteiger charge is 2.12. The summed E-state index contributed by atoms with van der Waals surface area (Å²) < 4.78 is 5.19. The zero-order chi connectivity index (χ0) is 17.6. The summed E-state index contributed by atoms with van der Waals surface area (Å²) in [6.45, 7) is 2.02. The van der Waals surface area contributed by atoms with E-state index in [9.17, 15) is 4.79 Å². The zero-order valence-corrected chi connectivity index (χ0v) is 14.0. The Labute approximate surface area is 145 Å². The number of anilines is 3. The second-order valence-corrected chi connectivity index (χ2v) is 5.45. The van der Waals surface area contributed by atoms with E-state index < -0.39 is 0 Å². The number of aryl methyl sites for hydroxylation is 1. The van der Waals surface area contributed by atoms with Crippen molar-refractivity contribution < 1.29 is 9.53 Å². The van der Waals surface area contributed by atoms with Crippen LogP contribution in [0.15, 0.2) is 60.7 Å². The molecule has 126 valence electrons. The summed E-state index contributed by atoms with van der Waals surface area (Å²) in [7, 11) is 1.53. The SMILES string of the molecule is COc1ccccc1C(=O)Nc1ccc(Nc2cccc(C)c2)nn1. The Morgan fingerprint density at radius 1 is 0.960 bits per heavy atom. The second kappa shape index (κ2) is 7.44. The largest absolute Gasteiger partial charge is 0.496 e. The first kappa shape index (κ1) is 16.4. The number of benzene rings is 2. The van der Waals surface area contributed by atoms with Crippen molar-refractivity contribution in [2.24, 2.45) is 0 Å². The van der Waals surface area contributed by atoms with Crippen molar-refractivity contribution in [3.8, 4) is 5.75 Å². The average molecular weight is 334 g/mol. The third kappa shape index (κ3) is 4.11. The van der Waals surface area contributed by atoms with Crippen LogP contribution in [-0.4, -0.2) is 23.2 Å². The van der Waals surface area contributed by atoms with Gasteiger partial charge >= 0.3 is 0 Å². The maximum Gasteiger partial charge on any atom is 0.260 e. The lowest BCUT2D eigenvalue weighted by molar-refractivity contribution is 0.102. The molecular weight excluding hydrogens is 316 g/mol. The third-order valence-corrected chi connectivity index (χ3v) is 3.55. The van der Waals surface area contributed by atoms with Crippen molar-refractivity contribution >= 4 is 23.2 Å². The maximum atomic E-state index is 12.3. The van der Waals surface area contributed by atoms with Gasteiger partial charge < -0.3 is 15.4 Å². The fourth-order valence-electron chi connectivity index (χ4n) is 2.35. The summed E-state index contributed by atoms with van der Waals surface area (Å²) >= 11 is 0. The molecule has 25 heavy (non-hydrogen) atoms. The summed E-state index contributed by atoms with van der Waals surface area (Å²) in [5, 5.41) is 14.0. The predicted octanol–water partition coefficient (Wildman–Crippen LogP) is 3.79. The average Bonchev–Trinajstić information content (AvgIpc) is 2.63. The predicted molar refractivity (Wildman–Crippen MR) is 97.4 cm³/mol. The normalized spacial score (nSPS) is 10.2. The van der Waals surface area contributed by atoms with Gasteiger partial charge in [0.1, 0.15) is 5.75 Å². The Kier molecular flexibility index (Phi) is 4.89. The van der Waals surface area contributed by atoms with Gasteiger partial charge in [0.05, 0.1) is 12.7 Å². The lowest BCUT2D eigenvalue weighted by Crippen LogP contribution is -2.14. The Morgan fingerprint density at radius 3 is 2.44 bits per heavy atom. The van der Waals surface area contributed by atoms with Crippen LogP contribution in [0.3, 0.4) is 0 Å². The van der Waals surface area contributed by atoms with E-state index in [1.54, 1.807) is 36.4 Å². The van der Waals surface area contributed by atoms with Crippen molar-refractivity contribution in [3.05, 3.63) is 71.8 Å². The van der Waals surface area contributed by atoms with Crippen LogP contribution in [0.4, 0.5) is 17.3 Å². The molecule has 0 spiro atoms. The van der Waals surface area contributed by atoms with Crippen LogP contribution in [-0.2, 0) is 0 Å². The van der Waals surface area contributed by atoms with Gasteiger partial charge in [0.25, 0.3) is 5.91 Å². The molecule has 3 rings (SSSR count). The van der Waals surface area contributed by atoms with Gasteiger partial charge in [-0.05, 0) is 48.9 Å². The zero-order valence-electron chi connectivity index (χ0n) is 14.0. The molecule has 1 aromatic heterocycles. The van der Waals surface area contributed by atoms with E-state index in [0.29, 0.717) is 22.9 Å². The summed E-state index contributed by atoms with van der Waals surface area (Å²) in [6.07, 6.45) is 0. The van der Waals surface area contributed by atoms with Crippen LogP contribution >= 0.6 is 0 Å². The molecule has 0 atom stereocenters. The number of aromatic nitrogens is 2. The first-order chi connectivity index (χ1) is 12.2. The summed E-state index contributed by atoms with van der Waals surface area (Å²) in [5.41, 5.74) is 2.52. The third-order valence-electron chi connectivity index (χ3n) is 3.55. The molecular formula is C19H18N4O2. The van der Waals surface area contributed by atoms with E-state index in [-0.39, 0.29) is 5.91 Å². The molecule has 0 saturated heterocycles. The number of rotatable bonds is 5. The van der Waals surface area contributed by atoms with Crippen molar-refractivity contribution in [1.29, 1.82) is 0 Å². The maximum absolute atomic E-state index is 12.3. The van der Waals surface area contributed by atoms with Gasteiger partial charge in [-0.3, -0.25) is 4.79 Å². The number of para-hydroxylation sites is 1. The van der Waals surface area contributed by atoms with Gasteiger partial charge in [-0.15, -0.1) is 10.2 Å². The minimum atomic E-state index is -0.300. The van der Waals surface area contributed by atoms with Crippen LogP contribution in [0.1, 0.15) is 15.9 Å². The number of methoxy groups -OCH3 is 1. The topological polar surface area (TPSA) is 76.1 Å². The Balaban J connectivity index is 1.69. The van der Waals surface area contributed by atoms with Gasteiger partial charge in [-0.25, -0.2) is 0 Å². The molecule has 0 saturated carbocycles. The molecule has 1 amide bonds. The van der Waals surface area contributed by atoms with Crippen LogP contribution < -0.4 is 15.4 Å². The molecule has 0 radical (unpaired) electrons. The van der Waals surface area contributed by atoms with E-state index in [1.165, 1.54) is 7.11 Å². The first-order valence-corrected chi connectivity index (χ1v) is 7.77. The van der Waals surface area contributed by atoms with Gasteiger partial charge in [0.2, 0.25) is 0 Å². The number of carbonyl (C=O) groups excluding carboxylic acids is 1. The molecule has 0 aliphatic rings. The summed E-state index contributed by atoms with van der Waals surface area (Å²) in [5.74, 6) is 1.17. The molecule has 3 aromatic rings. The number of hydrogen-bond donors (Lipinski definition) is 2. The molecule has 2 N–H and O–H groups in total. The van der Waals surface area contributed by atoms with Gasteiger partial charge in [0, 0.05) is 5.69 Å². The molecule has 0 aliphatic heterocycles. The van der Waals surface area contributed by atoms with Gasteiger partial charge in [-0.1, -0.05) is 24.3 Å². The van der Waals surface area contributed by atoms with Crippen molar-refractivity contribution in [1.82, 2.24) is 10.2 Å². The van der Waals surface area contributed by atoms with E-state index in [2.05, 4.69) is 20.8 Å². The van der Waals surface area contributed by atoms with Crippen molar-refractivity contribution in [2.45, 2.75) is 6.92 Å². The fraction of sp³-hybridized carbons (Fsp3) is 0.105. The highest BCUT2D eigenvalue weighted by molar-refractivity contribution is 6.05. The number of nitrogens with one attached hydrogen (secondary N) is 2. The van der Waals surface area contributed by atoms with Gasteiger partial charge in [0.15, 0.2) is 11.6 Å². The molecule has 1 heterocycles. The Bertz CT molecular complexity index is 879. The van der Waals surface area contributed by atoms with E-state index >= 15 is 0 Å². The van der Waals surface area contributed by atoms with E-state index in [1.807, 2.05) is 31.2 Å². The highest BCUT2D eigenvalue weighted by Crippen LogP contribution is 2.19. The molecule has 6 heteroatoms. The van der Waals surface area contributed by atoms with Crippen molar-refractivity contribution in [2.75, 3.05) is 17.7 Å². The minimum absolute atomic E-state index is 0.300. The van der Waals surface area contributed by atoms with Crippen molar-refractivity contribution in [3.63, 3.8) is 0 Å². The molecule has 0 bridgehead atoms. The highest BCUT2D eigenvalue weighted by atomic mass is 16.5. The summed E-state index contributed by atoms with van der Waals surface area (Å²) in [4.78, 5) is 12.3. The standard InChI is InChI=1S/C19H18N4O2/c1-13-6-5-7-14(12-13)20-17-10-11-18(23-22-17)21-19(24)15-8-3-4-9-16(15)25-2/h3-12H,1-2H3,(H,20,22)(H,21,23,24). The second-order valence-electron chi connectivity index (χ2n) is 5.45. The minimum Gasteiger partial charge on any atom is -0.496 e. The van der Waals surface area contributed by atoms with Crippen LogP contribution in [0.2, 0.25) is 0 Å². The van der Waals surface area contributed by atoms with Gasteiger partial charge in [-0.2, -0.15) is 0 Å². The number of hydrogen-bond acceptors (Lipinski definition) is 5. The number of ether oxygens (including phenoxy) is 1. The number of carbonyl (C=O) groups is 1. The molecule has 0 unspecified atom stereocenters. The van der Waals surface area contributed by atoms with Crippen LogP contribution in [0.25, 0.3) is 0 Å². The monoisotopic (exact) mass is 334 g/mol. The lowest BCUT2D eigenvalue weighted by atomic mass is 10.2.